The van der Waals surface area contributed by atoms with Crippen LogP contribution >= 0.6 is 0 Å². The van der Waals surface area contributed by atoms with E-state index in [0.717, 1.165) is 12.8 Å². The van der Waals surface area contributed by atoms with Gasteiger partial charge in [-0.05, 0) is 43.9 Å². The smallest absolute Gasteiger partial charge is 0.257 e. The molecule has 0 unspecified atom stereocenters. The van der Waals surface area contributed by atoms with E-state index >= 15 is 0 Å². The van der Waals surface area contributed by atoms with Gasteiger partial charge >= 0.3 is 0 Å². The Morgan fingerprint density at radius 1 is 1.19 bits per heavy atom. The molecule has 2 heterocycles. The molecular formula is C19H22N2O5S. The number of Topliss-reactive ketones (excluding diaryl/α,β-unsaturated/α-hetero) is 1. The van der Waals surface area contributed by atoms with Crippen LogP contribution in [0, 0.1) is 5.92 Å². The summed E-state index contributed by atoms with van der Waals surface area (Å²) in [4.78, 5) is 25.6. The maximum Gasteiger partial charge on any atom is 0.257 e. The number of nitrogens with one attached hydrogen (secondary N) is 1. The number of hydrogen-bond acceptors (Lipinski definition) is 5. The van der Waals surface area contributed by atoms with Crippen molar-refractivity contribution in [2.75, 3.05) is 19.6 Å². The van der Waals surface area contributed by atoms with E-state index in [9.17, 15) is 18.0 Å². The zero-order chi connectivity index (χ0) is 19.4. The lowest BCUT2D eigenvalue weighted by molar-refractivity contribution is 0.0691. The van der Waals surface area contributed by atoms with Crippen molar-refractivity contribution in [1.82, 2.24) is 9.62 Å². The van der Waals surface area contributed by atoms with E-state index in [2.05, 4.69) is 4.72 Å². The van der Waals surface area contributed by atoms with Crippen LogP contribution in [0.15, 0.2) is 52.2 Å². The van der Waals surface area contributed by atoms with E-state index < -0.39 is 10.0 Å². The summed E-state index contributed by atoms with van der Waals surface area (Å²) in [5.41, 5.74) is 0.892. The predicted molar refractivity (Wildman–Crippen MR) is 99.0 cm³/mol. The average molecular weight is 390 g/mol. The molecular weight excluding hydrogens is 368 g/mol. The second-order valence-electron chi connectivity index (χ2n) is 6.68. The fraction of sp³-hybridized carbons (Fsp3) is 0.368. The molecule has 1 aliphatic heterocycles. The van der Waals surface area contributed by atoms with Gasteiger partial charge in [-0.15, -0.1) is 0 Å². The molecule has 1 amide bonds. The number of nitrogens with zero attached hydrogens (tertiary/aromatic N) is 1. The van der Waals surface area contributed by atoms with Gasteiger partial charge < -0.3 is 9.32 Å². The summed E-state index contributed by atoms with van der Waals surface area (Å²) in [7, 11) is -3.68. The number of likely N-dealkylation sites (tertiary alicyclic amines) is 1. The Labute approximate surface area is 158 Å². The molecule has 0 bridgehead atoms. The van der Waals surface area contributed by atoms with Crippen molar-refractivity contribution in [2.24, 2.45) is 5.92 Å². The van der Waals surface area contributed by atoms with E-state index in [0.29, 0.717) is 30.8 Å². The van der Waals surface area contributed by atoms with Crippen molar-refractivity contribution in [1.29, 1.82) is 0 Å². The second kappa shape index (κ2) is 8.06. The topological polar surface area (TPSA) is 96.7 Å². The summed E-state index contributed by atoms with van der Waals surface area (Å²) in [6.07, 6.45) is 4.34. The van der Waals surface area contributed by atoms with Gasteiger partial charge in [0.25, 0.3) is 5.91 Å². The maximum absolute atomic E-state index is 12.5. The normalized spacial score (nSPS) is 15.7. The number of amides is 1. The molecule has 1 aromatic heterocycles. The molecule has 1 fully saturated rings. The molecule has 3 rings (SSSR count). The lowest BCUT2D eigenvalue weighted by Gasteiger charge is -2.31. The predicted octanol–water partition coefficient (Wildman–Crippen LogP) is 2.31. The second-order valence-corrected chi connectivity index (χ2v) is 8.45. The molecule has 0 aliphatic carbocycles. The Hall–Kier alpha value is -2.45. The van der Waals surface area contributed by atoms with Gasteiger partial charge in [-0.3, -0.25) is 9.59 Å². The Morgan fingerprint density at radius 3 is 2.56 bits per heavy atom. The summed E-state index contributed by atoms with van der Waals surface area (Å²) in [6, 6.07) is 7.65. The van der Waals surface area contributed by atoms with Crippen LogP contribution in [0.1, 0.15) is 40.5 Å². The Morgan fingerprint density at radius 2 is 1.93 bits per heavy atom. The van der Waals surface area contributed by atoms with E-state index in [-0.39, 0.29) is 22.5 Å². The van der Waals surface area contributed by atoms with Crippen LogP contribution in [-0.2, 0) is 10.0 Å². The number of ketones is 1. The van der Waals surface area contributed by atoms with Crippen molar-refractivity contribution in [3.05, 3.63) is 54.0 Å². The minimum atomic E-state index is -3.68. The fourth-order valence-electron chi connectivity index (χ4n) is 3.10. The SMILES string of the molecule is CC(=O)c1cccc(S(=O)(=O)NCC2CCN(C(=O)c3ccoc3)CC2)c1. The monoisotopic (exact) mass is 390 g/mol. The number of hydrogen-bond donors (Lipinski definition) is 1. The van der Waals surface area contributed by atoms with E-state index in [1.807, 2.05) is 0 Å². The van der Waals surface area contributed by atoms with E-state index in [1.165, 1.54) is 31.6 Å². The van der Waals surface area contributed by atoms with Gasteiger partial charge in [0.15, 0.2) is 5.78 Å². The first-order valence-electron chi connectivity index (χ1n) is 8.79. The molecule has 144 valence electrons. The maximum atomic E-state index is 12.5. The number of carbonyl (C=O) groups is 2. The van der Waals surface area contributed by atoms with Crippen LogP contribution in [0.25, 0.3) is 0 Å². The molecule has 7 nitrogen and oxygen atoms in total. The molecule has 1 aliphatic rings. The highest BCUT2D eigenvalue weighted by Crippen LogP contribution is 2.20. The molecule has 0 spiro atoms. The van der Waals surface area contributed by atoms with Crippen LogP contribution < -0.4 is 4.72 Å². The molecule has 1 N–H and O–H groups in total. The number of carbonyl (C=O) groups excluding carboxylic acids is 2. The number of benzene rings is 1. The quantitative estimate of drug-likeness (QED) is 0.764. The zero-order valence-corrected chi connectivity index (χ0v) is 15.9. The molecule has 2 aromatic rings. The third kappa shape index (κ3) is 4.64. The first kappa shape index (κ1) is 19.3. The standard InChI is InChI=1S/C19H22N2O5S/c1-14(22)16-3-2-4-18(11-16)27(24,25)20-12-15-5-8-21(9-6-15)19(23)17-7-10-26-13-17/h2-4,7,10-11,13,15,20H,5-6,8-9,12H2,1H3. The first-order chi connectivity index (χ1) is 12.9. The van der Waals surface area contributed by atoms with Crippen LogP contribution in [0.5, 0.6) is 0 Å². The average Bonchev–Trinajstić information content (AvgIpc) is 3.21. The highest BCUT2D eigenvalue weighted by Gasteiger charge is 2.25. The van der Waals surface area contributed by atoms with E-state index in [1.54, 1.807) is 23.1 Å². The molecule has 0 radical (unpaired) electrons. The molecule has 8 heteroatoms. The molecule has 0 saturated carbocycles. The molecule has 1 saturated heterocycles. The van der Waals surface area contributed by atoms with Crippen LogP contribution in [0.2, 0.25) is 0 Å². The zero-order valence-electron chi connectivity index (χ0n) is 15.1. The van der Waals surface area contributed by atoms with E-state index in [4.69, 9.17) is 4.42 Å². The van der Waals surface area contributed by atoms with Crippen molar-refractivity contribution >= 4 is 21.7 Å². The minimum Gasteiger partial charge on any atom is -0.472 e. The summed E-state index contributed by atoms with van der Waals surface area (Å²) in [5, 5.41) is 0. The molecule has 0 atom stereocenters. The summed E-state index contributed by atoms with van der Waals surface area (Å²) >= 11 is 0. The van der Waals surface area contributed by atoms with Gasteiger partial charge in [-0.2, -0.15) is 0 Å². The van der Waals surface area contributed by atoms with Gasteiger partial charge in [0.1, 0.15) is 6.26 Å². The number of rotatable bonds is 6. The van der Waals surface area contributed by atoms with Gasteiger partial charge in [0, 0.05) is 25.2 Å². The third-order valence-corrected chi connectivity index (χ3v) is 6.20. The van der Waals surface area contributed by atoms with Crippen LogP contribution in [-0.4, -0.2) is 44.6 Å². The van der Waals surface area contributed by atoms with Crippen molar-refractivity contribution < 1.29 is 22.4 Å². The van der Waals surface area contributed by atoms with Gasteiger partial charge in [-0.25, -0.2) is 13.1 Å². The Kier molecular flexibility index (Phi) is 5.76. The summed E-state index contributed by atoms with van der Waals surface area (Å²) in [6.45, 7) is 2.87. The highest BCUT2D eigenvalue weighted by atomic mass is 32.2. The van der Waals surface area contributed by atoms with Crippen LogP contribution in [0.4, 0.5) is 0 Å². The number of piperidine rings is 1. The van der Waals surface area contributed by atoms with Gasteiger partial charge in [0.2, 0.25) is 10.0 Å². The molecule has 27 heavy (non-hydrogen) atoms. The highest BCUT2D eigenvalue weighted by molar-refractivity contribution is 7.89. The Balaban J connectivity index is 1.54. The summed E-state index contributed by atoms with van der Waals surface area (Å²) in [5.74, 6) is -0.0882. The van der Waals surface area contributed by atoms with Gasteiger partial charge in [-0.1, -0.05) is 12.1 Å². The Bertz CT molecular complexity index is 913. The van der Waals surface area contributed by atoms with Crippen molar-refractivity contribution in [2.45, 2.75) is 24.7 Å². The van der Waals surface area contributed by atoms with Crippen molar-refractivity contribution in [3.63, 3.8) is 0 Å². The lowest BCUT2D eigenvalue weighted by Crippen LogP contribution is -2.41. The number of furan rings is 1. The summed E-state index contributed by atoms with van der Waals surface area (Å²) < 4.78 is 32.5. The largest absolute Gasteiger partial charge is 0.472 e. The first-order valence-corrected chi connectivity index (χ1v) is 10.3. The third-order valence-electron chi connectivity index (χ3n) is 4.78. The van der Waals surface area contributed by atoms with Gasteiger partial charge in [0.05, 0.1) is 16.7 Å². The van der Waals surface area contributed by atoms with Crippen molar-refractivity contribution in [3.8, 4) is 0 Å². The van der Waals surface area contributed by atoms with Crippen LogP contribution in [0.3, 0.4) is 0 Å². The fourth-order valence-corrected chi connectivity index (χ4v) is 4.26. The molecule has 1 aromatic carbocycles. The minimum absolute atomic E-state index is 0.0659. The lowest BCUT2D eigenvalue weighted by atomic mass is 9.97. The number of sulfonamides is 1.